The first-order chi connectivity index (χ1) is 8.10. The van der Waals surface area contributed by atoms with Crippen LogP contribution in [0.15, 0.2) is 10.8 Å². The third-order valence-electron chi connectivity index (χ3n) is 2.36. The molecule has 0 fully saturated rings. The van der Waals surface area contributed by atoms with Crippen molar-refractivity contribution in [3.63, 3.8) is 0 Å². The number of carbonyl (C=O) groups excluding carboxylic acids is 1. The summed E-state index contributed by atoms with van der Waals surface area (Å²) < 4.78 is 5.02. The van der Waals surface area contributed by atoms with E-state index in [2.05, 4.69) is 10.3 Å². The minimum atomic E-state index is -1.04. The topological polar surface area (TPSA) is 92.4 Å². The number of nitrogens with one attached hydrogen (secondary N) is 1. The molecule has 1 heterocycles. The molecule has 0 aromatic carbocycles. The predicted molar refractivity (Wildman–Crippen MR) is 59.7 cm³/mol. The maximum atomic E-state index is 11.8. The zero-order chi connectivity index (χ0) is 12.8. The van der Waals surface area contributed by atoms with E-state index in [1.165, 1.54) is 6.39 Å². The maximum Gasteiger partial charge on any atom is 0.326 e. The van der Waals surface area contributed by atoms with E-state index in [1.807, 2.05) is 13.8 Å². The summed E-state index contributed by atoms with van der Waals surface area (Å²) in [5, 5.41) is 11.4. The van der Waals surface area contributed by atoms with Gasteiger partial charge in [0, 0.05) is 6.42 Å². The van der Waals surface area contributed by atoms with Crippen molar-refractivity contribution in [2.45, 2.75) is 39.2 Å². The van der Waals surface area contributed by atoms with Gasteiger partial charge in [0.25, 0.3) is 5.91 Å². The van der Waals surface area contributed by atoms with Gasteiger partial charge >= 0.3 is 5.97 Å². The van der Waals surface area contributed by atoms with Crippen molar-refractivity contribution < 1.29 is 19.1 Å². The summed E-state index contributed by atoms with van der Waals surface area (Å²) in [5.41, 5.74) is 0.162. The first kappa shape index (κ1) is 13.2. The van der Waals surface area contributed by atoms with Gasteiger partial charge in [0.2, 0.25) is 0 Å². The van der Waals surface area contributed by atoms with E-state index in [0.29, 0.717) is 25.0 Å². The highest BCUT2D eigenvalue weighted by Gasteiger charge is 2.22. The molecule has 17 heavy (non-hydrogen) atoms. The molecule has 0 bridgehead atoms. The molecule has 1 unspecified atom stereocenters. The fraction of sp³-hybridized carbons (Fsp3) is 0.545. The van der Waals surface area contributed by atoms with Gasteiger partial charge in [-0.15, -0.1) is 0 Å². The molecule has 1 aromatic rings. The van der Waals surface area contributed by atoms with Crippen LogP contribution in [0.25, 0.3) is 0 Å². The molecular weight excluding hydrogens is 224 g/mol. The average Bonchev–Trinajstić information content (AvgIpc) is 2.76. The molecule has 1 aromatic heterocycles. The highest BCUT2D eigenvalue weighted by atomic mass is 16.4. The molecule has 0 aliphatic heterocycles. The van der Waals surface area contributed by atoms with Crippen molar-refractivity contribution >= 4 is 11.9 Å². The van der Waals surface area contributed by atoms with Gasteiger partial charge in [-0.25, -0.2) is 9.78 Å². The summed E-state index contributed by atoms with van der Waals surface area (Å²) in [4.78, 5) is 26.5. The molecule has 1 amide bonds. The Hall–Kier alpha value is -1.85. The second-order valence-corrected chi connectivity index (χ2v) is 3.63. The van der Waals surface area contributed by atoms with Gasteiger partial charge in [-0.3, -0.25) is 4.79 Å². The lowest BCUT2D eigenvalue weighted by molar-refractivity contribution is -0.139. The number of hydrogen-bond donors (Lipinski definition) is 2. The molecule has 0 radical (unpaired) electrons. The van der Waals surface area contributed by atoms with E-state index in [9.17, 15) is 9.59 Å². The van der Waals surface area contributed by atoms with Crippen LogP contribution < -0.4 is 5.32 Å². The van der Waals surface area contributed by atoms with E-state index in [0.717, 1.165) is 0 Å². The maximum absolute atomic E-state index is 11.8. The quantitative estimate of drug-likeness (QED) is 0.779. The van der Waals surface area contributed by atoms with Crippen molar-refractivity contribution in [3.8, 4) is 0 Å². The Labute approximate surface area is 99.0 Å². The van der Waals surface area contributed by atoms with E-state index in [-0.39, 0.29) is 5.69 Å². The van der Waals surface area contributed by atoms with E-state index >= 15 is 0 Å². The molecule has 1 rings (SSSR count). The van der Waals surface area contributed by atoms with Gasteiger partial charge in [0.15, 0.2) is 12.1 Å². The first-order valence-electron chi connectivity index (χ1n) is 5.56. The standard InChI is InChI=1S/C11H16N2O4/c1-3-5-7(11(15)16)13-10(14)9-8(4-2)17-6-12-9/h6-7H,3-5H2,1-2H3,(H,13,14)(H,15,16). The smallest absolute Gasteiger partial charge is 0.326 e. The van der Waals surface area contributed by atoms with Gasteiger partial charge in [0.05, 0.1) is 0 Å². The Morgan fingerprint density at radius 1 is 1.53 bits per heavy atom. The van der Waals surface area contributed by atoms with Gasteiger partial charge in [-0.1, -0.05) is 20.3 Å². The van der Waals surface area contributed by atoms with Crippen molar-refractivity contribution in [2.24, 2.45) is 0 Å². The number of amides is 1. The summed E-state index contributed by atoms with van der Waals surface area (Å²) >= 11 is 0. The Balaban J connectivity index is 2.73. The Kier molecular flexibility index (Phi) is 4.68. The SMILES string of the molecule is CCCC(NC(=O)c1ncoc1CC)C(=O)O. The summed E-state index contributed by atoms with van der Waals surface area (Å²) in [6.07, 6.45) is 2.79. The van der Waals surface area contributed by atoms with E-state index in [1.54, 1.807) is 0 Å². The highest BCUT2D eigenvalue weighted by Crippen LogP contribution is 2.08. The van der Waals surface area contributed by atoms with Crippen LogP contribution in [0.5, 0.6) is 0 Å². The zero-order valence-corrected chi connectivity index (χ0v) is 9.90. The minimum Gasteiger partial charge on any atom is -0.480 e. The van der Waals surface area contributed by atoms with Gasteiger partial charge in [0.1, 0.15) is 11.8 Å². The van der Waals surface area contributed by atoms with Crippen LogP contribution in [-0.4, -0.2) is 28.0 Å². The normalized spacial score (nSPS) is 12.1. The largest absolute Gasteiger partial charge is 0.480 e. The number of aryl methyl sites for hydroxylation is 1. The van der Waals surface area contributed by atoms with Crippen LogP contribution in [0.2, 0.25) is 0 Å². The Bertz CT molecular complexity index is 400. The molecule has 0 spiro atoms. The van der Waals surface area contributed by atoms with Crippen LogP contribution in [0.4, 0.5) is 0 Å². The van der Waals surface area contributed by atoms with Crippen molar-refractivity contribution in [2.75, 3.05) is 0 Å². The minimum absolute atomic E-state index is 0.162. The highest BCUT2D eigenvalue weighted by molar-refractivity contribution is 5.95. The van der Waals surface area contributed by atoms with E-state index in [4.69, 9.17) is 9.52 Å². The second kappa shape index (κ2) is 6.03. The lowest BCUT2D eigenvalue weighted by atomic mass is 10.1. The molecule has 0 aliphatic rings. The van der Waals surface area contributed by atoms with Crippen LogP contribution in [0, 0.1) is 0 Å². The number of hydrogen-bond acceptors (Lipinski definition) is 4. The Morgan fingerprint density at radius 2 is 2.24 bits per heavy atom. The number of carboxylic acids is 1. The van der Waals surface area contributed by atoms with Crippen LogP contribution in [0.3, 0.4) is 0 Å². The number of carbonyl (C=O) groups is 2. The van der Waals surface area contributed by atoms with Crippen LogP contribution in [0.1, 0.15) is 42.9 Å². The van der Waals surface area contributed by atoms with E-state index < -0.39 is 17.9 Å². The number of nitrogens with zero attached hydrogens (tertiary/aromatic N) is 1. The summed E-state index contributed by atoms with van der Waals surface area (Å²) in [5.74, 6) is -1.08. The van der Waals surface area contributed by atoms with Gasteiger partial charge in [-0.05, 0) is 6.42 Å². The van der Waals surface area contributed by atoms with Crippen LogP contribution >= 0.6 is 0 Å². The lowest BCUT2D eigenvalue weighted by Crippen LogP contribution is -2.41. The molecular formula is C11H16N2O4. The zero-order valence-electron chi connectivity index (χ0n) is 9.90. The molecule has 2 N–H and O–H groups in total. The van der Waals surface area contributed by atoms with Crippen molar-refractivity contribution in [3.05, 3.63) is 17.8 Å². The van der Waals surface area contributed by atoms with Crippen molar-refractivity contribution in [1.29, 1.82) is 0 Å². The number of rotatable bonds is 6. The first-order valence-corrected chi connectivity index (χ1v) is 5.56. The molecule has 94 valence electrons. The number of carboxylic acid groups (broad SMARTS) is 1. The second-order valence-electron chi connectivity index (χ2n) is 3.63. The molecule has 0 aliphatic carbocycles. The number of aromatic nitrogens is 1. The summed E-state index contributed by atoms with van der Waals surface area (Å²) in [7, 11) is 0. The number of oxazole rings is 1. The summed E-state index contributed by atoms with van der Waals surface area (Å²) in [6, 6.07) is -0.881. The predicted octanol–water partition coefficient (Wildman–Crippen LogP) is 1.22. The molecule has 1 atom stereocenters. The lowest BCUT2D eigenvalue weighted by Gasteiger charge is -2.12. The molecule has 0 saturated heterocycles. The summed E-state index contributed by atoms with van der Waals surface area (Å²) in [6.45, 7) is 3.69. The average molecular weight is 240 g/mol. The third kappa shape index (κ3) is 3.30. The van der Waals surface area contributed by atoms with Gasteiger partial charge < -0.3 is 14.8 Å². The van der Waals surface area contributed by atoms with Crippen molar-refractivity contribution in [1.82, 2.24) is 10.3 Å². The molecule has 6 nitrogen and oxygen atoms in total. The fourth-order valence-corrected chi connectivity index (χ4v) is 1.48. The number of aliphatic carboxylic acids is 1. The van der Waals surface area contributed by atoms with Crippen LogP contribution in [-0.2, 0) is 11.2 Å². The molecule has 6 heteroatoms. The third-order valence-corrected chi connectivity index (χ3v) is 2.36. The molecule has 0 saturated carbocycles. The van der Waals surface area contributed by atoms with Gasteiger partial charge in [-0.2, -0.15) is 0 Å². The monoisotopic (exact) mass is 240 g/mol. The fourth-order valence-electron chi connectivity index (χ4n) is 1.48. The Morgan fingerprint density at radius 3 is 2.76 bits per heavy atom.